The molecule has 2 N–H and O–H groups in total. The number of aliphatic hydroxyl groups is 1. The zero-order valence-electron chi connectivity index (χ0n) is 17.1. The van der Waals surface area contributed by atoms with E-state index in [1.165, 1.54) is 0 Å². The number of carbonyl (C=O) groups is 1. The molecule has 1 heterocycles. The van der Waals surface area contributed by atoms with Gasteiger partial charge in [0.05, 0.1) is 28.9 Å². The molecule has 164 valence electrons. The van der Waals surface area contributed by atoms with Crippen LogP contribution in [0.5, 0.6) is 0 Å². The molecule has 0 unspecified atom stereocenters. The number of nitrogens with one attached hydrogen (secondary N) is 1. The van der Waals surface area contributed by atoms with Gasteiger partial charge in [-0.05, 0) is 48.7 Å². The van der Waals surface area contributed by atoms with E-state index < -0.39 is 6.10 Å². The summed E-state index contributed by atoms with van der Waals surface area (Å²) in [6.07, 6.45) is 2.95. The minimum Gasteiger partial charge on any atom is -0.391 e. The Morgan fingerprint density at radius 3 is 2.55 bits per heavy atom. The molecule has 8 heteroatoms. The van der Waals surface area contributed by atoms with Gasteiger partial charge in [0.15, 0.2) is 0 Å². The van der Waals surface area contributed by atoms with Crippen LogP contribution in [0.3, 0.4) is 0 Å². The summed E-state index contributed by atoms with van der Waals surface area (Å²) in [5.41, 5.74) is 2.13. The number of carbonyl (C=O) groups excluding carboxylic acids is 1. The first kappa shape index (κ1) is 22.6. The summed E-state index contributed by atoms with van der Waals surface area (Å²) in [4.78, 5) is 13.2. The lowest BCUT2D eigenvalue weighted by atomic mass is 9.89. The standard InChI is InChI=1S/C23H24BrCl2N3O2/c1-13-21(23(31)27-18-4-2-3-5-20(18)30)28-29(19-11-10-16(25)12-17(19)26)22(13)14-6-8-15(24)9-7-14/h6-13,18,20,22,30H,2-5H2,1H3,(H,27,31)/t13-,18+,20+,22+/m1/s1. The third kappa shape index (κ3) is 4.77. The van der Waals surface area contributed by atoms with Crippen molar-refractivity contribution in [2.45, 2.75) is 50.8 Å². The van der Waals surface area contributed by atoms with Gasteiger partial charge in [-0.2, -0.15) is 5.10 Å². The molecule has 4 rings (SSSR count). The second kappa shape index (κ2) is 9.49. The Kier molecular flexibility index (Phi) is 6.92. The van der Waals surface area contributed by atoms with Gasteiger partial charge in [-0.1, -0.05) is 71.0 Å². The Bertz CT molecular complexity index is 999. The van der Waals surface area contributed by atoms with E-state index in [0.717, 1.165) is 29.3 Å². The number of benzene rings is 2. The lowest BCUT2D eigenvalue weighted by Gasteiger charge is -2.29. The fourth-order valence-corrected chi connectivity index (χ4v) is 5.12. The number of hydrogen-bond donors (Lipinski definition) is 2. The van der Waals surface area contributed by atoms with E-state index in [-0.39, 0.29) is 23.9 Å². The molecule has 1 amide bonds. The number of rotatable bonds is 4. The minimum absolute atomic E-state index is 0.186. The predicted octanol–water partition coefficient (Wildman–Crippen LogP) is 5.73. The van der Waals surface area contributed by atoms with Gasteiger partial charge in [0.25, 0.3) is 5.91 Å². The number of anilines is 1. The summed E-state index contributed by atoms with van der Waals surface area (Å²) in [6, 6.07) is 12.8. The van der Waals surface area contributed by atoms with E-state index in [4.69, 9.17) is 28.3 Å². The summed E-state index contributed by atoms with van der Waals surface area (Å²) in [7, 11) is 0. The molecular formula is C23H24BrCl2N3O2. The Morgan fingerprint density at radius 1 is 1.16 bits per heavy atom. The normalized spacial score (nSPS) is 26.0. The van der Waals surface area contributed by atoms with Gasteiger partial charge in [-0.15, -0.1) is 0 Å². The van der Waals surface area contributed by atoms with Crippen LogP contribution in [0.2, 0.25) is 10.0 Å². The van der Waals surface area contributed by atoms with Crippen LogP contribution in [-0.2, 0) is 4.79 Å². The van der Waals surface area contributed by atoms with Crippen LogP contribution >= 0.6 is 39.1 Å². The second-order valence-electron chi connectivity index (χ2n) is 8.14. The van der Waals surface area contributed by atoms with Gasteiger partial charge in [0, 0.05) is 15.4 Å². The molecule has 0 aromatic heterocycles. The fourth-order valence-electron chi connectivity index (χ4n) is 4.37. The van der Waals surface area contributed by atoms with Crippen molar-refractivity contribution in [1.82, 2.24) is 5.32 Å². The van der Waals surface area contributed by atoms with Gasteiger partial charge >= 0.3 is 0 Å². The first-order valence-corrected chi connectivity index (χ1v) is 12.0. The highest BCUT2D eigenvalue weighted by molar-refractivity contribution is 9.10. The van der Waals surface area contributed by atoms with Crippen LogP contribution in [0, 0.1) is 5.92 Å². The van der Waals surface area contributed by atoms with Crippen LogP contribution < -0.4 is 10.3 Å². The molecule has 0 saturated heterocycles. The maximum absolute atomic E-state index is 13.2. The van der Waals surface area contributed by atoms with Gasteiger partial charge in [0.1, 0.15) is 5.71 Å². The van der Waals surface area contributed by atoms with Crippen LogP contribution in [0.4, 0.5) is 5.69 Å². The van der Waals surface area contributed by atoms with Crippen molar-refractivity contribution in [3.05, 3.63) is 62.5 Å². The lowest BCUT2D eigenvalue weighted by molar-refractivity contribution is -0.116. The predicted molar refractivity (Wildman–Crippen MR) is 129 cm³/mol. The molecule has 31 heavy (non-hydrogen) atoms. The Labute approximate surface area is 200 Å². The Morgan fingerprint density at radius 2 is 1.87 bits per heavy atom. The Balaban J connectivity index is 1.68. The van der Waals surface area contributed by atoms with Crippen LogP contribution in [0.1, 0.15) is 44.2 Å². The fraction of sp³-hybridized carbons (Fsp3) is 0.391. The first-order valence-electron chi connectivity index (χ1n) is 10.4. The van der Waals surface area contributed by atoms with Crippen molar-refractivity contribution in [2.24, 2.45) is 11.0 Å². The molecule has 4 atom stereocenters. The van der Waals surface area contributed by atoms with Crippen molar-refractivity contribution in [3.63, 3.8) is 0 Å². The largest absolute Gasteiger partial charge is 0.391 e. The summed E-state index contributed by atoms with van der Waals surface area (Å²) in [5.74, 6) is -0.429. The molecule has 1 aliphatic carbocycles. The maximum atomic E-state index is 13.2. The molecular weight excluding hydrogens is 501 g/mol. The van der Waals surface area contributed by atoms with Crippen LogP contribution in [0.25, 0.3) is 0 Å². The van der Waals surface area contributed by atoms with Crippen LogP contribution in [0.15, 0.2) is 52.0 Å². The average molecular weight is 525 g/mol. The van der Waals surface area contributed by atoms with Crippen molar-refractivity contribution < 1.29 is 9.90 Å². The number of aliphatic hydroxyl groups excluding tert-OH is 1. The molecule has 5 nitrogen and oxygen atoms in total. The summed E-state index contributed by atoms with van der Waals surface area (Å²) >= 11 is 16.1. The number of amides is 1. The van der Waals surface area contributed by atoms with Crippen molar-refractivity contribution in [3.8, 4) is 0 Å². The first-order chi connectivity index (χ1) is 14.8. The molecule has 1 saturated carbocycles. The number of hydrazone groups is 1. The molecule has 1 aliphatic heterocycles. The van der Waals surface area contributed by atoms with Crippen molar-refractivity contribution in [1.29, 1.82) is 0 Å². The smallest absolute Gasteiger partial charge is 0.268 e. The summed E-state index contributed by atoms with van der Waals surface area (Å²) in [5, 5.41) is 20.8. The minimum atomic E-state index is -0.515. The number of nitrogens with zero attached hydrogens (tertiary/aromatic N) is 2. The molecule has 0 bridgehead atoms. The summed E-state index contributed by atoms with van der Waals surface area (Å²) in [6.45, 7) is 1.99. The lowest BCUT2D eigenvalue weighted by Crippen LogP contribution is -2.48. The van der Waals surface area contributed by atoms with E-state index in [9.17, 15) is 9.90 Å². The quantitative estimate of drug-likeness (QED) is 0.536. The van der Waals surface area contributed by atoms with E-state index in [2.05, 4.69) is 21.2 Å². The van der Waals surface area contributed by atoms with Gasteiger partial charge in [-0.3, -0.25) is 9.80 Å². The molecule has 2 aliphatic rings. The molecule has 1 fully saturated rings. The highest BCUT2D eigenvalue weighted by Gasteiger charge is 2.41. The third-order valence-corrected chi connectivity index (χ3v) is 7.10. The second-order valence-corrected chi connectivity index (χ2v) is 9.90. The van der Waals surface area contributed by atoms with E-state index >= 15 is 0 Å². The molecule has 2 aromatic carbocycles. The monoisotopic (exact) mass is 523 g/mol. The maximum Gasteiger partial charge on any atom is 0.268 e. The zero-order valence-corrected chi connectivity index (χ0v) is 20.2. The number of halogens is 3. The van der Waals surface area contributed by atoms with Gasteiger partial charge in [-0.25, -0.2) is 0 Å². The average Bonchev–Trinajstić information content (AvgIpc) is 3.07. The highest BCUT2D eigenvalue weighted by Crippen LogP contribution is 2.42. The molecule has 0 spiro atoms. The SMILES string of the molecule is C[C@@H]1C(C(=O)N[C@H]2CCCC[C@@H]2O)=NN(c2ccc(Cl)cc2Cl)[C@@H]1c1ccc(Br)cc1. The summed E-state index contributed by atoms with van der Waals surface area (Å²) < 4.78 is 0.975. The van der Waals surface area contributed by atoms with E-state index in [1.807, 2.05) is 37.3 Å². The topological polar surface area (TPSA) is 64.9 Å². The van der Waals surface area contributed by atoms with E-state index in [1.54, 1.807) is 17.1 Å². The Hall–Kier alpha value is -1.60. The third-order valence-electron chi connectivity index (χ3n) is 6.03. The highest BCUT2D eigenvalue weighted by atomic mass is 79.9. The number of hydrogen-bond acceptors (Lipinski definition) is 4. The van der Waals surface area contributed by atoms with Crippen molar-refractivity contribution >= 4 is 56.4 Å². The van der Waals surface area contributed by atoms with Crippen molar-refractivity contribution in [2.75, 3.05) is 5.01 Å². The molecule has 0 radical (unpaired) electrons. The molecule has 2 aromatic rings. The van der Waals surface area contributed by atoms with Gasteiger partial charge < -0.3 is 10.4 Å². The van der Waals surface area contributed by atoms with Gasteiger partial charge in [0.2, 0.25) is 0 Å². The van der Waals surface area contributed by atoms with Crippen LogP contribution in [-0.4, -0.2) is 28.9 Å². The zero-order chi connectivity index (χ0) is 22.1. The van der Waals surface area contributed by atoms with E-state index in [0.29, 0.717) is 27.9 Å².